The van der Waals surface area contributed by atoms with E-state index in [4.69, 9.17) is 5.41 Å². The third kappa shape index (κ3) is 2.78. The van der Waals surface area contributed by atoms with Crippen LogP contribution in [-0.4, -0.2) is 28.8 Å². The van der Waals surface area contributed by atoms with E-state index in [-0.39, 0.29) is 0 Å². The third-order valence-corrected chi connectivity index (χ3v) is 2.43. The summed E-state index contributed by atoms with van der Waals surface area (Å²) in [5, 5.41) is 8.08. The number of nitrogens with one attached hydrogen (secondary N) is 1. The summed E-state index contributed by atoms with van der Waals surface area (Å²) >= 11 is 0. The highest BCUT2D eigenvalue weighted by molar-refractivity contribution is 5.96. The Morgan fingerprint density at radius 2 is 1.67 bits per heavy atom. The van der Waals surface area contributed by atoms with Gasteiger partial charge in [0.25, 0.3) is 0 Å². The van der Waals surface area contributed by atoms with Crippen molar-refractivity contribution in [3.63, 3.8) is 0 Å². The molecule has 3 heteroatoms. The van der Waals surface area contributed by atoms with Gasteiger partial charge in [0.15, 0.2) is 0 Å². The number of nitrogens with zero attached hydrogens (tertiary/aromatic N) is 2. The molecule has 0 unspecified atom stereocenters. The smallest absolute Gasteiger partial charge is 0.128 e. The molecule has 0 aliphatic rings. The maximum absolute atomic E-state index is 8.08. The van der Waals surface area contributed by atoms with Crippen molar-refractivity contribution >= 4 is 5.84 Å². The minimum atomic E-state index is 0.591. The second-order valence-corrected chi connectivity index (χ2v) is 3.66. The van der Waals surface area contributed by atoms with Crippen LogP contribution in [0, 0.1) is 19.3 Å². The zero-order valence-corrected chi connectivity index (χ0v) is 9.96. The molecule has 0 bridgehead atoms. The van der Waals surface area contributed by atoms with Gasteiger partial charge in [-0.15, -0.1) is 0 Å². The van der Waals surface area contributed by atoms with Crippen molar-refractivity contribution in [2.24, 2.45) is 0 Å². The highest BCUT2D eigenvalue weighted by atomic mass is 15.2. The van der Waals surface area contributed by atoms with Crippen LogP contribution in [0.4, 0.5) is 0 Å². The molecule has 0 spiro atoms. The Bertz CT molecular complexity index is 334. The second-order valence-electron chi connectivity index (χ2n) is 3.66. The molecular formula is C12H19N3. The van der Waals surface area contributed by atoms with Gasteiger partial charge in [0.2, 0.25) is 0 Å². The highest BCUT2D eigenvalue weighted by Crippen LogP contribution is 2.08. The van der Waals surface area contributed by atoms with Crippen molar-refractivity contribution in [1.29, 1.82) is 5.41 Å². The number of aromatic nitrogens is 1. The van der Waals surface area contributed by atoms with Gasteiger partial charge in [-0.2, -0.15) is 0 Å². The molecule has 3 nitrogen and oxygen atoms in total. The minimum Gasteiger partial charge on any atom is -0.357 e. The van der Waals surface area contributed by atoms with Crippen LogP contribution in [0.2, 0.25) is 0 Å². The Balaban J connectivity index is 3.00. The van der Waals surface area contributed by atoms with Crippen LogP contribution in [0.25, 0.3) is 0 Å². The molecule has 0 radical (unpaired) electrons. The van der Waals surface area contributed by atoms with Crippen molar-refractivity contribution in [3.05, 3.63) is 29.1 Å². The molecule has 0 fully saturated rings. The zero-order chi connectivity index (χ0) is 11.4. The molecule has 1 heterocycles. The molecule has 0 aliphatic heterocycles. The molecular weight excluding hydrogens is 186 g/mol. The van der Waals surface area contributed by atoms with Gasteiger partial charge in [0, 0.05) is 30.0 Å². The predicted octanol–water partition coefficient (Wildman–Crippen LogP) is 2.37. The normalized spacial score (nSPS) is 10.1. The van der Waals surface area contributed by atoms with Crippen LogP contribution in [-0.2, 0) is 0 Å². The first-order valence-corrected chi connectivity index (χ1v) is 5.37. The first-order valence-electron chi connectivity index (χ1n) is 5.37. The number of hydrogen-bond donors (Lipinski definition) is 1. The van der Waals surface area contributed by atoms with Crippen molar-refractivity contribution < 1.29 is 0 Å². The van der Waals surface area contributed by atoms with E-state index >= 15 is 0 Å². The van der Waals surface area contributed by atoms with E-state index in [0.717, 1.165) is 30.0 Å². The average molecular weight is 205 g/mol. The van der Waals surface area contributed by atoms with Gasteiger partial charge in [-0.1, -0.05) is 0 Å². The van der Waals surface area contributed by atoms with E-state index < -0.39 is 0 Å². The summed E-state index contributed by atoms with van der Waals surface area (Å²) in [7, 11) is 0. The summed E-state index contributed by atoms with van der Waals surface area (Å²) in [6, 6.07) is 3.93. The fourth-order valence-electron chi connectivity index (χ4n) is 1.69. The Morgan fingerprint density at radius 3 is 2.07 bits per heavy atom. The lowest BCUT2D eigenvalue weighted by molar-refractivity contribution is 0.463. The predicted molar refractivity (Wildman–Crippen MR) is 63.5 cm³/mol. The summed E-state index contributed by atoms with van der Waals surface area (Å²) in [5.74, 6) is 0.591. The maximum atomic E-state index is 8.08. The fraction of sp³-hybridized carbons (Fsp3) is 0.500. The van der Waals surface area contributed by atoms with E-state index in [0.29, 0.717) is 5.84 Å². The molecule has 0 aliphatic carbocycles. The Morgan fingerprint density at radius 1 is 1.20 bits per heavy atom. The monoisotopic (exact) mass is 205 g/mol. The molecule has 1 aromatic rings. The minimum absolute atomic E-state index is 0.591. The third-order valence-electron chi connectivity index (χ3n) is 2.43. The number of amidine groups is 1. The summed E-state index contributed by atoms with van der Waals surface area (Å²) in [6.45, 7) is 9.81. The Labute approximate surface area is 91.7 Å². The van der Waals surface area contributed by atoms with E-state index in [1.165, 1.54) is 0 Å². The summed E-state index contributed by atoms with van der Waals surface area (Å²) in [4.78, 5) is 6.35. The molecule has 1 N–H and O–H groups in total. The number of hydrogen-bond acceptors (Lipinski definition) is 2. The molecule has 0 amide bonds. The van der Waals surface area contributed by atoms with E-state index in [1.54, 1.807) is 0 Å². The van der Waals surface area contributed by atoms with Crippen LogP contribution in [0.15, 0.2) is 12.1 Å². The highest BCUT2D eigenvalue weighted by Gasteiger charge is 2.09. The maximum Gasteiger partial charge on any atom is 0.128 e. The molecule has 0 saturated heterocycles. The fourth-order valence-corrected chi connectivity index (χ4v) is 1.69. The molecule has 15 heavy (non-hydrogen) atoms. The van der Waals surface area contributed by atoms with Gasteiger partial charge in [0.05, 0.1) is 0 Å². The molecule has 0 saturated carbocycles. The molecule has 0 atom stereocenters. The van der Waals surface area contributed by atoms with Gasteiger partial charge in [0.1, 0.15) is 5.84 Å². The first kappa shape index (κ1) is 11.7. The Kier molecular flexibility index (Phi) is 3.83. The van der Waals surface area contributed by atoms with E-state index in [9.17, 15) is 0 Å². The summed E-state index contributed by atoms with van der Waals surface area (Å²) < 4.78 is 0. The number of aryl methyl sites for hydroxylation is 2. The van der Waals surface area contributed by atoms with Crippen molar-refractivity contribution in [2.75, 3.05) is 13.1 Å². The SMILES string of the molecule is CCN(CC)C(=N)c1cc(C)nc(C)c1. The van der Waals surface area contributed by atoms with Gasteiger partial charge < -0.3 is 4.90 Å². The van der Waals surface area contributed by atoms with Gasteiger partial charge in [-0.3, -0.25) is 10.4 Å². The largest absolute Gasteiger partial charge is 0.357 e. The molecule has 1 aromatic heterocycles. The number of rotatable bonds is 3. The van der Waals surface area contributed by atoms with Crippen LogP contribution in [0.3, 0.4) is 0 Å². The van der Waals surface area contributed by atoms with Gasteiger partial charge in [-0.25, -0.2) is 0 Å². The van der Waals surface area contributed by atoms with Crippen LogP contribution in [0.1, 0.15) is 30.8 Å². The van der Waals surface area contributed by atoms with Gasteiger partial charge >= 0.3 is 0 Å². The lowest BCUT2D eigenvalue weighted by atomic mass is 10.1. The Hall–Kier alpha value is -1.38. The lowest BCUT2D eigenvalue weighted by Crippen LogP contribution is -2.30. The quantitative estimate of drug-likeness (QED) is 0.608. The molecule has 1 rings (SSSR count). The van der Waals surface area contributed by atoms with Crippen molar-refractivity contribution in [2.45, 2.75) is 27.7 Å². The topological polar surface area (TPSA) is 40.0 Å². The average Bonchev–Trinajstić information content (AvgIpc) is 2.18. The first-order chi connectivity index (χ1) is 7.08. The zero-order valence-electron chi connectivity index (χ0n) is 9.96. The molecule has 82 valence electrons. The second kappa shape index (κ2) is 4.91. The lowest BCUT2D eigenvalue weighted by Gasteiger charge is -2.22. The molecule has 0 aromatic carbocycles. The summed E-state index contributed by atoms with van der Waals surface area (Å²) in [5.41, 5.74) is 2.91. The van der Waals surface area contributed by atoms with Crippen LogP contribution >= 0.6 is 0 Å². The van der Waals surface area contributed by atoms with E-state index in [1.807, 2.05) is 30.9 Å². The van der Waals surface area contributed by atoms with Gasteiger partial charge in [-0.05, 0) is 39.8 Å². The standard InChI is InChI=1S/C12H19N3/c1-5-15(6-2)12(13)11-7-9(3)14-10(4)8-11/h7-8,13H,5-6H2,1-4H3. The van der Waals surface area contributed by atoms with Crippen molar-refractivity contribution in [3.8, 4) is 0 Å². The summed E-state index contributed by atoms with van der Waals surface area (Å²) in [6.07, 6.45) is 0. The van der Waals surface area contributed by atoms with Crippen molar-refractivity contribution in [1.82, 2.24) is 9.88 Å². The number of pyridine rings is 1. The van der Waals surface area contributed by atoms with Crippen LogP contribution < -0.4 is 0 Å². The van der Waals surface area contributed by atoms with Crippen LogP contribution in [0.5, 0.6) is 0 Å². The van der Waals surface area contributed by atoms with E-state index in [2.05, 4.69) is 18.8 Å².